The van der Waals surface area contributed by atoms with Gasteiger partial charge in [-0.25, -0.2) is 0 Å². The molecule has 2 saturated heterocycles. The zero-order valence-electron chi connectivity index (χ0n) is 13.4. The monoisotopic (exact) mass is 343 g/mol. The van der Waals surface area contributed by atoms with E-state index in [2.05, 4.69) is 32.7 Å². The molecule has 0 saturated carbocycles. The van der Waals surface area contributed by atoms with Crippen LogP contribution in [0.5, 0.6) is 0 Å². The van der Waals surface area contributed by atoms with Crippen LogP contribution in [-0.2, 0) is 16.1 Å². The Kier molecular flexibility index (Phi) is 4.60. The number of thiophene rings is 1. The highest BCUT2D eigenvalue weighted by Gasteiger charge is 2.43. The molecule has 0 spiro atoms. The maximum atomic E-state index is 12.8. The third-order valence-electron chi connectivity index (χ3n) is 4.90. The van der Waals surface area contributed by atoms with Crippen LogP contribution in [0.1, 0.15) is 11.3 Å². The minimum atomic E-state index is -0.0357. The molecule has 1 N–H and O–H groups in total. The van der Waals surface area contributed by atoms with Crippen molar-refractivity contribution in [2.75, 3.05) is 25.0 Å². The zero-order valence-corrected chi connectivity index (χ0v) is 14.2. The van der Waals surface area contributed by atoms with Gasteiger partial charge in [0.15, 0.2) is 0 Å². The second kappa shape index (κ2) is 7.01. The molecule has 4 heterocycles. The summed E-state index contributed by atoms with van der Waals surface area (Å²) < 4.78 is 5.91. The molecule has 0 unspecified atom stereocenters. The van der Waals surface area contributed by atoms with E-state index in [0.29, 0.717) is 5.92 Å². The Labute approximate surface area is 145 Å². The minimum Gasteiger partial charge on any atom is -0.377 e. The van der Waals surface area contributed by atoms with E-state index in [0.717, 1.165) is 38.3 Å². The molecule has 4 rings (SSSR count). The quantitative estimate of drug-likeness (QED) is 0.927. The summed E-state index contributed by atoms with van der Waals surface area (Å²) in [6.45, 7) is 3.35. The molecule has 2 aliphatic heterocycles. The highest BCUT2D eigenvalue weighted by atomic mass is 32.1. The molecule has 0 aromatic carbocycles. The molecule has 0 radical (unpaired) electrons. The van der Waals surface area contributed by atoms with E-state index in [9.17, 15) is 4.79 Å². The highest BCUT2D eigenvalue weighted by molar-refractivity contribution is 7.09. The van der Waals surface area contributed by atoms with Gasteiger partial charge < -0.3 is 10.1 Å². The molecule has 6 heteroatoms. The van der Waals surface area contributed by atoms with Gasteiger partial charge in [-0.1, -0.05) is 6.07 Å². The third kappa shape index (κ3) is 3.36. The molecule has 2 fully saturated rings. The smallest absolute Gasteiger partial charge is 0.229 e. The van der Waals surface area contributed by atoms with Gasteiger partial charge in [0.2, 0.25) is 5.91 Å². The number of ether oxygens (including phenoxy) is 1. The number of anilines is 1. The maximum absolute atomic E-state index is 12.8. The summed E-state index contributed by atoms with van der Waals surface area (Å²) in [7, 11) is 0. The van der Waals surface area contributed by atoms with Gasteiger partial charge in [-0.15, -0.1) is 11.3 Å². The number of rotatable bonds is 4. The summed E-state index contributed by atoms with van der Waals surface area (Å²) in [5.41, 5.74) is 0.758. The fraction of sp³-hybridized carbons (Fsp3) is 0.444. The first-order valence-electron chi connectivity index (χ1n) is 8.37. The Hall–Kier alpha value is -1.76. The molecule has 2 aliphatic rings. The molecule has 1 amide bonds. The molecule has 0 aliphatic carbocycles. The molecule has 0 bridgehead atoms. The first-order valence-corrected chi connectivity index (χ1v) is 9.25. The van der Waals surface area contributed by atoms with Crippen LogP contribution in [0.4, 0.5) is 5.69 Å². The van der Waals surface area contributed by atoms with Crippen LogP contribution in [0.15, 0.2) is 42.0 Å². The molecule has 2 aromatic heterocycles. The number of nitrogens with one attached hydrogen (secondary N) is 1. The van der Waals surface area contributed by atoms with E-state index >= 15 is 0 Å². The third-order valence-corrected chi connectivity index (χ3v) is 5.76. The summed E-state index contributed by atoms with van der Waals surface area (Å²) in [6, 6.07) is 7.93. The number of nitrogens with zero attached hydrogens (tertiary/aromatic N) is 2. The summed E-state index contributed by atoms with van der Waals surface area (Å²) in [6.07, 6.45) is 4.54. The van der Waals surface area contributed by atoms with Crippen molar-refractivity contribution in [2.45, 2.75) is 19.1 Å². The molecule has 2 aromatic rings. The van der Waals surface area contributed by atoms with Crippen molar-refractivity contribution < 1.29 is 9.53 Å². The number of piperidine rings is 1. The summed E-state index contributed by atoms with van der Waals surface area (Å²) in [5.74, 6) is 0.368. The molecule has 126 valence electrons. The van der Waals surface area contributed by atoms with Crippen LogP contribution < -0.4 is 5.32 Å². The van der Waals surface area contributed by atoms with E-state index in [4.69, 9.17) is 4.74 Å². The largest absolute Gasteiger partial charge is 0.377 e. The van der Waals surface area contributed by atoms with Gasteiger partial charge in [0, 0.05) is 43.2 Å². The lowest BCUT2D eigenvalue weighted by atomic mass is 9.82. The van der Waals surface area contributed by atoms with Crippen LogP contribution in [0, 0.1) is 11.8 Å². The van der Waals surface area contributed by atoms with E-state index < -0.39 is 0 Å². The Morgan fingerprint density at radius 3 is 3.12 bits per heavy atom. The van der Waals surface area contributed by atoms with Gasteiger partial charge in [0.1, 0.15) is 0 Å². The lowest BCUT2D eigenvalue weighted by Gasteiger charge is -2.39. The van der Waals surface area contributed by atoms with E-state index in [-0.39, 0.29) is 17.9 Å². The number of carbonyl (C=O) groups is 1. The maximum Gasteiger partial charge on any atom is 0.229 e. The molecular formula is C18H21N3O2S. The van der Waals surface area contributed by atoms with Gasteiger partial charge in [-0.2, -0.15) is 0 Å². The number of hydrogen-bond acceptors (Lipinski definition) is 5. The van der Waals surface area contributed by atoms with Gasteiger partial charge in [-0.3, -0.25) is 14.7 Å². The minimum absolute atomic E-state index is 0.0357. The molecule has 24 heavy (non-hydrogen) atoms. The topological polar surface area (TPSA) is 54.5 Å². The number of carbonyl (C=O) groups excluding carboxylic acids is 1. The summed E-state index contributed by atoms with van der Waals surface area (Å²) >= 11 is 1.76. The Morgan fingerprint density at radius 1 is 1.38 bits per heavy atom. The number of hydrogen-bond donors (Lipinski definition) is 1. The molecule has 3 atom stereocenters. The lowest BCUT2D eigenvalue weighted by molar-refractivity contribution is -0.125. The van der Waals surface area contributed by atoms with Crippen molar-refractivity contribution in [3.63, 3.8) is 0 Å². The number of aromatic nitrogens is 1. The normalized spacial score (nSPS) is 26.9. The Morgan fingerprint density at radius 2 is 2.33 bits per heavy atom. The first kappa shape index (κ1) is 15.7. The summed E-state index contributed by atoms with van der Waals surface area (Å²) in [4.78, 5) is 20.6. The van der Waals surface area contributed by atoms with Crippen LogP contribution >= 0.6 is 11.3 Å². The molecular weight excluding hydrogens is 322 g/mol. The Balaban J connectivity index is 1.48. The van der Waals surface area contributed by atoms with Crippen molar-refractivity contribution >= 4 is 22.9 Å². The van der Waals surface area contributed by atoms with Crippen molar-refractivity contribution in [1.29, 1.82) is 0 Å². The van der Waals surface area contributed by atoms with Crippen molar-refractivity contribution in [2.24, 2.45) is 11.8 Å². The van der Waals surface area contributed by atoms with Crippen LogP contribution in [0.2, 0.25) is 0 Å². The standard InChI is InChI=1S/C18H21N3O2S/c22-18(20-13-3-1-6-19-9-13)16-11-21(10-14-4-2-8-24-14)12-17-15(16)5-7-23-17/h1-4,6,8-9,15-17H,5,7,10-12H2,(H,20,22)/t15-,16-,17+/m0/s1. The zero-order chi connectivity index (χ0) is 16.4. The van der Waals surface area contributed by atoms with Crippen molar-refractivity contribution in [3.05, 3.63) is 46.9 Å². The van der Waals surface area contributed by atoms with Gasteiger partial charge in [-0.05, 0) is 30.0 Å². The molecule has 5 nitrogen and oxygen atoms in total. The average Bonchev–Trinajstić information content (AvgIpc) is 3.26. The van der Waals surface area contributed by atoms with Crippen molar-refractivity contribution in [3.8, 4) is 0 Å². The van der Waals surface area contributed by atoms with Crippen molar-refractivity contribution in [1.82, 2.24) is 9.88 Å². The fourth-order valence-corrected chi connectivity index (χ4v) is 4.50. The lowest BCUT2D eigenvalue weighted by Crippen LogP contribution is -2.51. The van der Waals surface area contributed by atoms with Gasteiger partial charge in [0.25, 0.3) is 0 Å². The highest BCUT2D eigenvalue weighted by Crippen LogP contribution is 2.35. The predicted molar refractivity (Wildman–Crippen MR) is 93.8 cm³/mol. The van der Waals surface area contributed by atoms with Crippen LogP contribution in [0.3, 0.4) is 0 Å². The second-order valence-electron chi connectivity index (χ2n) is 6.47. The fourth-order valence-electron chi connectivity index (χ4n) is 3.76. The average molecular weight is 343 g/mol. The van der Waals surface area contributed by atoms with Gasteiger partial charge >= 0.3 is 0 Å². The van der Waals surface area contributed by atoms with E-state index in [1.807, 2.05) is 12.1 Å². The number of fused-ring (bicyclic) bond motifs is 1. The van der Waals surface area contributed by atoms with Gasteiger partial charge in [0.05, 0.1) is 23.9 Å². The number of likely N-dealkylation sites (tertiary alicyclic amines) is 1. The van der Waals surface area contributed by atoms with Crippen LogP contribution in [-0.4, -0.2) is 41.6 Å². The first-order chi connectivity index (χ1) is 11.8. The van der Waals surface area contributed by atoms with E-state index in [1.54, 1.807) is 23.7 Å². The second-order valence-corrected chi connectivity index (χ2v) is 7.50. The van der Waals surface area contributed by atoms with E-state index in [1.165, 1.54) is 4.88 Å². The predicted octanol–water partition coefficient (Wildman–Crippen LogP) is 2.62. The Bertz CT molecular complexity index is 677. The summed E-state index contributed by atoms with van der Waals surface area (Å²) in [5, 5.41) is 5.12. The number of pyridine rings is 1. The SMILES string of the molecule is O=C(Nc1cccnc1)[C@H]1CN(Cc2cccs2)C[C@H]2OCC[C@@H]12. The number of amides is 1. The van der Waals surface area contributed by atoms with Crippen LogP contribution in [0.25, 0.3) is 0 Å².